The second kappa shape index (κ2) is 40.2. The summed E-state index contributed by atoms with van der Waals surface area (Å²) in [5.41, 5.74) is 29.4. The van der Waals surface area contributed by atoms with Crippen molar-refractivity contribution in [2.75, 3.05) is 10.2 Å². The summed E-state index contributed by atoms with van der Waals surface area (Å²) in [7, 11) is -5.08. The van der Waals surface area contributed by atoms with Crippen LogP contribution in [0.5, 0.6) is 0 Å². The maximum absolute atomic E-state index is 6.09. The Morgan fingerprint density at radius 3 is 0.721 bits per heavy atom. The monoisotopic (exact) mass is 1850 g/mol. The molecule has 0 spiro atoms. The molecule has 0 unspecified atom stereocenters. The van der Waals surface area contributed by atoms with E-state index in [1.54, 1.807) is 0 Å². The maximum atomic E-state index is 6.09. The Hall–Kier alpha value is -16.9. The molecule has 2 aliphatic carbocycles. The first-order chi connectivity index (χ1) is 68.8. The average Bonchev–Trinajstić information content (AvgIpc) is 1.54. The van der Waals surface area contributed by atoms with Crippen LogP contribution >= 0.6 is 11.6 Å². The highest BCUT2D eigenvalue weighted by molar-refractivity contribution is 7.20. The van der Waals surface area contributed by atoms with Crippen LogP contribution in [0.2, 0.25) is 5.02 Å². The van der Waals surface area contributed by atoms with Gasteiger partial charge in [0.1, 0.15) is 0 Å². The second-order valence-corrected chi connectivity index (χ2v) is 43.8. The van der Waals surface area contributed by atoms with Gasteiger partial charge in [-0.2, -0.15) is 0 Å². The van der Waals surface area contributed by atoms with Crippen molar-refractivity contribution in [3.63, 3.8) is 0 Å². The first-order valence-corrected chi connectivity index (χ1v) is 52.2. The maximum Gasteiger partial charge on any atom is 0.179 e. The van der Waals surface area contributed by atoms with Crippen LogP contribution in [0.3, 0.4) is 0 Å². The smallest absolute Gasteiger partial charge is 0.179 e. The highest BCUT2D eigenvalue weighted by Gasteiger charge is 2.50. The lowest BCUT2D eigenvalue weighted by molar-refractivity contribution is 0.768. The zero-order valence-corrected chi connectivity index (χ0v) is 80.1. The molecular weight excluding hydrogens is 1750 g/mol. The van der Waals surface area contributed by atoms with Crippen molar-refractivity contribution in [3.8, 4) is 66.8 Å². The van der Waals surface area contributed by atoms with Crippen LogP contribution in [0.15, 0.2) is 595 Å². The minimum absolute atomic E-state index is 0. The van der Waals surface area contributed by atoms with E-state index in [0.29, 0.717) is 0 Å². The predicted molar refractivity (Wildman–Crippen MR) is 595 cm³/mol. The molecule has 0 bridgehead atoms. The van der Waals surface area contributed by atoms with Crippen LogP contribution in [-0.2, 0) is 10.8 Å². The van der Waals surface area contributed by atoms with Crippen molar-refractivity contribution in [3.05, 3.63) is 644 Å². The Kier molecular flexibility index (Phi) is 25.7. The molecule has 0 aromatic heterocycles. The molecule has 140 heavy (non-hydrogen) atoms. The number of rotatable bonds is 21. The van der Waals surface area contributed by atoms with E-state index in [2.05, 4.69) is 587 Å². The van der Waals surface area contributed by atoms with Crippen LogP contribution in [0, 0.1) is 0 Å². The van der Waals surface area contributed by atoms with Gasteiger partial charge in [0.25, 0.3) is 0 Å². The third-order valence-electron chi connectivity index (χ3n) is 28.1. The molecule has 0 atom stereocenters. The first-order valence-electron chi connectivity index (χ1n) is 47.8. The number of hydrogen-bond acceptors (Lipinski definition) is 2. The number of hydrogen-bond donors (Lipinski definition) is 1. The van der Waals surface area contributed by atoms with Crippen molar-refractivity contribution in [2.45, 2.75) is 10.8 Å². The fraction of sp³-hybridized carbons (Fsp3) is 0.0149. The van der Waals surface area contributed by atoms with Gasteiger partial charge in [-0.25, -0.2) is 0 Å². The molecule has 0 saturated heterocycles. The molecule has 2 nitrogen and oxygen atoms in total. The molecule has 2 aliphatic rings. The van der Waals surface area contributed by atoms with E-state index in [-0.39, 0.29) is 4.70 Å². The van der Waals surface area contributed by atoms with E-state index >= 15 is 0 Å². The molecule has 0 heterocycles. The third kappa shape index (κ3) is 16.7. The number of fused-ring (bicyclic) bond motifs is 6. The topological polar surface area (TPSA) is 15.3 Å². The Morgan fingerprint density at radius 2 is 0.393 bits per heavy atom. The molecule has 668 valence electrons. The third-order valence-corrected chi connectivity index (χ3v) is 38.0. The van der Waals surface area contributed by atoms with Crippen molar-refractivity contribution in [1.29, 1.82) is 0 Å². The van der Waals surface area contributed by atoms with Crippen LogP contribution in [0.25, 0.3) is 66.8 Å². The van der Waals surface area contributed by atoms with Gasteiger partial charge >= 0.3 is 0 Å². The number of nitrogens with zero attached hydrogens (tertiary/aromatic N) is 1. The summed E-state index contributed by atoms with van der Waals surface area (Å²) in [4.78, 5) is 2.41. The summed E-state index contributed by atoms with van der Waals surface area (Å²) in [6.45, 7) is 0. The van der Waals surface area contributed by atoms with Crippen LogP contribution < -0.4 is 51.7 Å². The molecule has 0 aliphatic heterocycles. The zero-order valence-electron chi connectivity index (χ0n) is 77.3. The van der Waals surface area contributed by atoms with Gasteiger partial charge in [-0.3, -0.25) is 4.70 Å². The standard InChI is InChI=1S/C67H49NSi.C37H27N.C30H23ClSi.FH/c1-8-22-50(23-9-1)53-40-46-63-64-47-43-58(49-66(64)67(65(63)48-53,54-24-10-2-11-25-54)55-26-12-3-13-27-55)68(56-28-14-4-15-29-56)57-41-36-51(37-42-57)52-38-44-62(45-39-52)69(59-30-16-5-17-31-59,60-32-18-6-19-33-60)61-34-20-7-21-35-61;1-5-13-27(14-6-1)28-21-23-33-34-24-22-32(38-31-19-11-4-12-20-31)26-36(34)37(35(33)25-28,29-15-7-2-8-16-29)30-17-9-3-10-18-30;31-26-20-16-24(17-21-26)25-18-22-30(23-19-25)32(27-10-4-1-5-11-27,28-12-6-2-7-13-28)29-14-8-3-9-15-29;/h1-49H;1-26,38H;1-23H;1H. The summed E-state index contributed by atoms with van der Waals surface area (Å²) in [5.74, 6) is 0. The van der Waals surface area contributed by atoms with Gasteiger partial charge < -0.3 is 10.2 Å². The van der Waals surface area contributed by atoms with Crippen LogP contribution in [-0.4, -0.2) is 16.1 Å². The van der Waals surface area contributed by atoms with Gasteiger partial charge in [0.2, 0.25) is 0 Å². The average molecular weight is 1850 g/mol. The quantitative estimate of drug-likeness (QED) is 0.0570. The van der Waals surface area contributed by atoms with E-state index in [1.165, 1.54) is 153 Å². The lowest BCUT2D eigenvalue weighted by atomic mass is 9.67. The van der Waals surface area contributed by atoms with Crippen LogP contribution in [0.1, 0.15) is 44.5 Å². The molecule has 22 aromatic rings. The molecule has 0 fully saturated rings. The van der Waals surface area contributed by atoms with Gasteiger partial charge in [0.15, 0.2) is 16.1 Å². The molecule has 24 rings (SSSR count). The number of anilines is 5. The Morgan fingerprint density at radius 1 is 0.171 bits per heavy atom. The molecule has 0 radical (unpaired) electrons. The van der Waals surface area contributed by atoms with E-state index in [9.17, 15) is 0 Å². The summed E-state index contributed by atoms with van der Waals surface area (Å²) >= 11 is 6.09. The summed E-state index contributed by atoms with van der Waals surface area (Å²) in [6, 6.07) is 217. The van der Waals surface area contributed by atoms with Crippen LogP contribution in [0.4, 0.5) is 33.1 Å². The molecule has 22 aromatic carbocycles. The molecule has 0 saturated carbocycles. The van der Waals surface area contributed by atoms with Gasteiger partial charge in [0, 0.05) is 33.5 Å². The van der Waals surface area contributed by atoms with Crippen molar-refractivity contribution in [2.24, 2.45) is 0 Å². The highest BCUT2D eigenvalue weighted by Crippen LogP contribution is 2.60. The largest absolute Gasteiger partial charge is 0.356 e. The van der Waals surface area contributed by atoms with Crippen molar-refractivity contribution in [1.82, 2.24) is 0 Å². The summed E-state index contributed by atoms with van der Waals surface area (Å²) in [6.07, 6.45) is 0. The number of halogens is 2. The number of benzene rings is 22. The molecule has 6 heteroatoms. The fourth-order valence-corrected chi connectivity index (χ4v) is 31.5. The van der Waals surface area contributed by atoms with E-state index in [1.807, 2.05) is 18.2 Å². The minimum Gasteiger partial charge on any atom is -0.356 e. The van der Waals surface area contributed by atoms with E-state index < -0.39 is 27.0 Å². The Balaban J connectivity index is 0.000000138. The van der Waals surface area contributed by atoms with E-state index in [0.717, 1.165) is 33.5 Å². The molecule has 1 N–H and O–H groups in total. The van der Waals surface area contributed by atoms with Gasteiger partial charge in [-0.05, 0) is 238 Å². The van der Waals surface area contributed by atoms with Gasteiger partial charge in [0.05, 0.1) is 10.8 Å². The normalized spacial score (nSPS) is 12.2. The SMILES string of the molecule is Clc1ccc(-c2ccc([Si](c3ccccc3)(c3ccccc3)c3ccccc3)cc2)cc1.F.c1ccc(-c2ccc3c(c2)C(c2ccccc2)(c2ccccc2)c2cc(N(c4ccccc4)c4ccc(-c5ccc([Si](c6ccccc6)(c6ccccc6)c6ccccc6)cc5)cc4)ccc2-3)cc1.c1ccc(Nc2ccc3c(c2)C(c2ccccc2)(c2ccccc2)c2cc(-c4ccccc4)ccc2-3)cc1. The molecule has 0 amide bonds. The van der Waals surface area contributed by atoms with Crippen molar-refractivity contribution >= 4 is 97.7 Å². The number of para-hydroxylation sites is 2. The molecular formula is C134H100ClFN2Si2. The summed E-state index contributed by atoms with van der Waals surface area (Å²) < 4.78 is 0. The number of nitrogens with one attached hydrogen (secondary N) is 1. The minimum atomic E-state index is -2.63. The van der Waals surface area contributed by atoms with Gasteiger partial charge in [-0.1, -0.05) is 521 Å². The van der Waals surface area contributed by atoms with Crippen molar-refractivity contribution < 1.29 is 4.70 Å². The second-order valence-electron chi connectivity index (χ2n) is 35.8. The van der Waals surface area contributed by atoms with Gasteiger partial charge in [-0.15, -0.1) is 0 Å². The fourth-order valence-electron chi connectivity index (χ4n) is 21.9. The zero-order chi connectivity index (χ0) is 93.2. The Labute approximate surface area is 827 Å². The summed E-state index contributed by atoms with van der Waals surface area (Å²) in [5, 5.41) is 15.4. The Bertz CT molecular complexity index is 7640. The predicted octanol–water partition coefficient (Wildman–Crippen LogP) is 29.2. The highest BCUT2D eigenvalue weighted by atomic mass is 35.5. The lowest BCUT2D eigenvalue weighted by Crippen LogP contribution is -2.74. The first kappa shape index (κ1) is 89.6. The van der Waals surface area contributed by atoms with E-state index in [4.69, 9.17) is 11.6 Å². The lowest BCUT2D eigenvalue weighted by Gasteiger charge is -2.35.